The number of likely N-dealkylation sites (tertiary alicyclic amines) is 1. The van der Waals surface area contributed by atoms with Gasteiger partial charge in [-0.3, -0.25) is 4.79 Å². The lowest BCUT2D eigenvalue weighted by Gasteiger charge is -2.26. The number of benzene rings is 2. The molecule has 0 spiro atoms. The first-order valence-corrected chi connectivity index (χ1v) is 11.3. The lowest BCUT2D eigenvalue weighted by atomic mass is 10.2. The molecular formula is C22H28N2O3S. The zero-order chi connectivity index (χ0) is 20.0. The van der Waals surface area contributed by atoms with E-state index in [2.05, 4.69) is 0 Å². The van der Waals surface area contributed by atoms with Gasteiger partial charge in [-0.25, -0.2) is 8.42 Å². The Morgan fingerprint density at radius 3 is 2.14 bits per heavy atom. The number of nitrogens with zero attached hydrogens (tertiary/aromatic N) is 2. The van der Waals surface area contributed by atoms with Gasteiger partial charge >= 0.3 is 0 Å². The average molecular weight is 401 g/mol. The summed E-state index contributed by atoms with van der Waals surface area (Å²) in [6.07, 6.45) is 4.21. The summed E-state index contributed by atoms with van der Waals surface area (Å²) in [5.74, 6) is -0.117. The van der Waals surface area contributed by atoms with Crippen LogP contribution in [0.15, 0.2) is 59.5 Å². The van der Waals surface area contributed by atoms with Gasteiger partial charge in [-0.1, -0.05) is 60.9 Å². The van der Waals surface area contributed by atoms with Crippen LogP contribution in [0.1, 0.15) is 36.8 Å². The number of amides is 1. The van der Waals surface area contributed by atoms with E-state index >= 15 is 0 Å². The summed E-state index contributed by atoms with van der Waals surface area (Å²) in [4.78, 5) is 14.9. The lowest BCUT2D eigenvalue weighted by molar-refractivity contribution is -0.131. The molecule has 0 radical (unpaired) electrons. The quantitative estimate of drug-likeness (QED) is 0.745. The second kappa shape index (κ2) is 9.34. The summed E-state index contributed by atoms with van der Waals surface area (Å²) in [6.45, 7) is 3.38. The van der Waals surface area contributed by atoms with Crippen LogP contribution in [-0.4, -0.2) is 43.2 Å². The number of hydrogen-bond donors (Lipinski definition) is 0. The standard InChI is InChI=1S/C22H28N2O3S/c1-19-11-13-21(14-12-19)28(26,27)24(17-20-9-5-4-6-10-20)18-22(25)23-15-7-2-3-8-16-23/h4-6,9-14H,2-3,7-8,15-18H2,1H3. The van der Waals surface area contributed by atoms with Gasteiger partial charge in [0.25, 0.3) is 0 Å². The SMILES string of the molecule is Cc1ccc(S(=O)(=O)N(CC(=O)N2CCCCCC2)Cc2ccccc2)cc1. The molecule has 0 unspecified atom stereocenters. The highest BCUT2D eigenvalue weighted by atomic mass is 32.2. The molecule has 1 saturated heterocycles. The maximum atomic E-state index is 13.3. The Hall–Kier alpha value is -2.18. The first kappa shape index (κ1) is 20.6. The van der Waals surface area contributed by atoms with Crippen LogP contribution in [0.4, 0.5) is 0 Å². The van der Waals surface area contributed by atoms with Gasteiger partial charge in [-0.15, -0.1) is 0 Å². The molecule has 2 aromatic rings. The molecule has 0 atom stereocenters. The topological polar surface area (TPSA) is 57.7 Å². The number of carbonyl (C=O) groups is 1. The summed E-state index contributed by atoms with van der Waals surface area (Å²) < 4.78 is 27.9. The van der Waals surface area contributed by atoms with Crippen LogP contribution in [-0.2, 0) is 21.4 Å². The molecule has 28 heavy (non-hydrogen) atoms. The summed E-state index contributed by atoms with van der Waals surface area (Å²) in [5, 5.41) is 0. The highest BCUT2D eigenvalue weighted by Crippen LogP contribution is 2.20. The first-order valence-electron chi connectivity index (χ1n) is 9.85. The van der Waals surface area contributed by atoms with Gasteiger partial charge in [0.15, 0.2) is 0 Å². The van der Waals surface area contributed by atoms with Gasteiger partial charge in [0.2, 0.25) is 15.9 Å². The van der Waals surface area contributed by atoms with Gasteiger partial charge in [0.05, 0.1) is 11.4 Å². The minimum Gasteiger partial charge on any atom is -0.342 e. The third-order valence-electron chi connectivity index (χ3n) is 5.13. The number of rotatable bonds is 6. The highest BCUT2D eigenvalue weighted by molar-refractivity contribution is 7.89. The molecule has 1 amide bonds. The van der Waals surface area contributed by atoms with E-state index in [1.807, 2.05) is 42.2 Å². The van der Waals surface area contributed by atoms with Crippen molar-refractivity contribution >= 4 is 15.9 Å². The Kier molecular flexibility index (Phi) is 6.86. The zero-order valence-electron chi connectivity index (χ0n) is 16.4. The van der Waals surface area contributed by atoms with Gasteiger partial charge in [-0.2, -0.15) is 4.31 Å². The second-order valence-electron chi connectivity index (χ2n) is 7.37. The molecule has 6 heteroatoms. The fourth-order valence-electron chi connectivity index (χ4n) is 3.44. The second-order valence-corrected chi connectivity index (χ2v) is 9.30. The molecule has 1 aliphatic rings. The third-order valence-corrected chi connectivity index (χ3v) is 6.94. The third kappa shape index (κ3) is 5.20. The molecule has 1 fully saturated rings. The minimum atomic E-state index is -3.77. The summed E-state index contributed by atoms with van der Waals surface area (Å²) >= 11 is 0. The molecule has 1 heterocycles. The minimum absolute atomic E-state index is 0.117. The van der Waals surface area contributed by atoms with Crippen LogP contribution in [0.5, 0.6) is 0 Å². The Morgan fingerprint density at radius 2 is 1.54 bits per heavy atom. The van der Waals surface area contributed by atoms with E-state index in [9.17, 15) is 13.2 Å². The maximum absolute atomic E-state index is 13.3. The number of sulfonamides is 1. The van der Waals surface area contributed by atoms with Crippen molar-refractivity contribution in [3.05, 3.63) is 65.7 Å². The van der Waals surface area contributed by atoms with Crippen molar-refractivity contribution in [2.75, 3.05) is 19.6 Å². The van der Waals surface area contributed by atoms with Crippen molar-refractivity contribution in [1.29, 1.82) is 0 Å². The molecule has 0 aliphatic carbocycles. The molecule has 5 nitrogen and oxygen atoms in total. The molecule has 0 aromatic heterocycles. The largest absolute Gasteiger partial charge is 0.342 e. The van der Waals surface area contributed by atoms with Crippen molar-refractivity contribution in [2.24, 2.45) is 0 Å². The van der Waals surface area contributed by atoms with E-state index in [1.165, 1.54) is 4.31 Å². The van der Waals surface area contributed by atoms with E-state index in [4.69, 9.17) is 0 Å². The van der Waals surface area contributed by atoms with Crippen LogP contribution in [0.2, 0.25) is 0 Å². The Bertz CT molecular complexity index is 872. The van der Waals surface area contributed by atoms with E-state index in [1.54, 1.807) is 24.3 Å². The van der Waals surface area contributed by atoms with E-state index in [0.717, 1.165) is 36.8 Å². The maximum Gasteiger partial charge on any atom is 0.243 e. The Labute approximate surface area is 168 Å². The van der Waals surface area contributed by atoms with Gasteiger partial charge in [0, 0.05) is 19.6 Å². The molecular weight excluding hydrogens is 372 g/mol. The monoisotopic (exact) mass is 400 g/mol. The van der Waals surface area contributed by atoms with Gasteiger partial charge < -0.3 is 4.90 Å². The van der Waals surface area contributed by atoms with Crippen LogP contribution in [0.25, 0.3) is 0 Å². The molecule has 150 valence electrons. The smallest absolute Gasteiger partial charge is 0.243 e. The number of hydrogen-bond acceptors (Lipinski definition) is 3. The highest BCUT2D eigenvalue weighted by Gasteiger charge is 2.28. The van der Waals surface area contributed by atoms with Gasteiger partial charge in [-0.05, 0) is 37.5 Å². The van der Waals surface area contributed by atoms with Crippen molar-refractivity contribution in [3.63, 3.8) is 0 Å². The van der Waals surface area contributed by atoms with Crippen LogP contribution >= 0.6 is 0 Å². The predicted octanol–water partition coefficient (Wildman–Crippen LogP) is 3.59. The molecule has 0 N–H and O–H groups in total. The average Bonchev–Trinajstić information content (AvgIpc) is 2.98. The number of aryl methyl sites for hydroxylation is 1. The zero-order valence-corrected chi connectivity index (χ0v) is 17.2. The van der Waals surface area contributed by atoms with E-state index in [0.29, 0.717) is 13.1 Å². The number of carbonyl (C=O) groups excluding carboxylic acids is 1. The molecule has 0 bridgehead atoms. The normalized spacial score (nSPS) is 15.4. The van der Waals surface area contributed by atoms with Crippen LogP contribution in [0.3, 0.4) is 0 Å². The molecule has 3 rings (SSSR count). The molecule has 2 aromatic carbocycles. The molecule has 1 aliphatic heterocycles. The summed E-state index contributed by atoms with van der Waals surface area (Å²) in [6, 6.07) is 16.2. The van der Waals surface area contributed by atoms with Crippen LogP contribution < -0.4 is 0 Å². The lowest BCUT2D eigenvalue weighted by Crippen LogP contribution is -2.43. The van der Waals surface area contributed by atoms with Crippen molar-refractivity contribution in [2.45, 2.75) is 44.0 Å². The Balaban J connectivity index is 1.85. The van der Waals surface area contributed by atoms with Crippen LogP contribution in [0, 0.1) is 6.92 Å². The molecule has 0 saturated carbocycles. The first-order chi connectivity index (χ1) is 13.5. The van der Waals surface area contributed by atoms with Crippen molar-refractivity contribution in [3.8, 4) is 0 Å². The predicted molar refractivity (Wildman–Crippen MR) is 110 cm³/mol. The van der Waals surface area contributed by atoms with Crippen molar-refractivity contribution in [1.82, 2.24) is 9.21 Å². The summed E-state index contributed by atoms with van der Waals surface area (Å²) in [7, 11) is -3.77. The van der Waals surface area contributed by atoms with E-state index < -0.39 is 10.0 Å². The fraction of sp³-hybridized carbons (Fsp3) is 0.409. The van der Waals surface area contributed by atoms with E-state index in [-0.39, 0.29) is 23.9 Å². The fourth-order valence-corrected chi connectivity index (χ4v) is 4.82. The Morgan fingerprint density at radius 1 is 0.929 bits per heavy atom. The summed E-state index contributed by atoms with van der Waals surface area (Å²) in [5.41, 5.74) is 1.86. The van der Waals surface area contributed by atoms with Crippen molar-refractivity contribution < 1.29 is 13.2 Å². The van der Waals surface area contributed by atoms with Gasteiger partial charge in [0.1, 0.15) is 0 Å².